The quantitative estimate of drug-likeness (QED) is 0.684. The molecule has 1 aromatic heterocycles. The van der Waals surface area contributed by atoms with Gasteiger partial charge in [-0.15, -0.1) is 0 Å². The van der Waals surface area contributed by atoms with Crippen LogP contribution in [0.1, 0.15) is 69.3 Å². The van der Waals surface area contributed by atoms with E-state index in [1.807, 2.05) is 31.2 Å². The highest BCUT2D eigenvalue weighted by atomic mass is 16.2. The molecule has 0 spiro atoms. The second kappa shape index (κ2) is 10.0. The molecule has 1 saturated heterocycles. The topological polar surface area (TPSA) is 67.2 Å². The van der Waals surface area contributed by atoms with Crippen LogP contribution in [0.5, 0.6) is 0 Å². The van der Waals surface area contributed by atoms with Crippen molar-refractivity contribution in [2.75, 3.05) is 13.1 Å². The van der Waals surface area contributed by atoms with Gasteiger partial charge in [-0.05, 0) is 52.5 Å². The number of carbonyl (C=O) groups is 2. The Labute approximate surface area is 173 Å². The second-order valence-corrected chi connectivity index (χ2v) is 8.33. The highest BCUT2D eigenvalue weighted by molar-refractivity contribution is 5.92. The minimum absolute atomic E-state index is 0.0269. The molecule has 1 fully saturated rings. The number of rotatable bonds is 8. The van der Waals surface area contributed by atoms with Crippen molar-refractivity contribution >= 4 is 22.7 Å². The van der Waals surface area contributed by atoms with Crippen molar-refractivity contribution in [1.82, 2.24) is 20.0 Å². The van der Waals surface area contributed by atoms with Crippen LogP contribution in [-0.2, 0) is 4.79 Å². The molecule has 29 heavy (non-hydrogen) atoms. The van der Waals surface area contributed by atoms with Crippen molar-refractivity contribution in [2.24, 2.45) is 0 Å². The average molecular weight is 399 g/mol. The maximum absolute atomic E-state index is 12.5. The molecule has 2 heterocycles. The molecular formula is C23H34N4O2. The maximum atomic E-state index is 12.5. The lowest BCUT2D eigenvalue weighted by molar-refractivity contribution is -0.121. The van der Waals surface area contributed by atoms with Gasteiger partial charge in [0.1, 0.15) is 0 Å². The average Bonchev–Trinajstić information content (AvgIpc) is 3.04. The van der Waals surface area contributed by atoms with Crippen molar-refractivity contribution in [3.05, 3.63) is 30.0 Å². The van der Waals surface area contributed by atoms with Crippen molar-refractivity contribution in [2.45, 2.75) is 77.8 Å². The molecule has 1 aliphatic rings. The van der Waals surface area contributed by atoms with Gasteiger partial charge in [-0.25, -0.2) is 0 Å². The summed E-state index contributed by atoms with van der Waals surface area (Å²) < 4.78 is 1.48. The van der Waals surface area contributed by atoms with E-state index in [2.05, 4.69) is 29.2 Å². The number of aryl methyl sites for hydroxylation is 1. The van der Waals surface area contributed by atoms with E-state index in [1.165, 1.54) is 23.9 Å². The summed E-state index contributed by atoms with van der Waals surface area (Å²) in [4.78, 5) is 27.2. The second-order valence-electron chi connectivity index (χ2n) is 8.33. The van der Waals surface area contributed by atoms with Crippen molar-refractivity contribution in [3.63, 3.8) is 0 Å². The third kappa shape index (κ3) is 5.44. The van der Waals surface area contributed by atoms with Crippen LogP contribution < -0.4 is 5.32 Å². The number of likely N-dealkylation sites (tertiary alicyclic amines) is 1. The van der Waals surface area contributed by atoms with Crippen LogP contribution in [0.25, 0.3) is 10.9 Å². The molecule has 0 aliphatic carbocycles. The SMILES string of the molecule is Cc1nn(C(=O)CCCC(=O)NCCCN2[C@H](C)CCC[C@H]2C)c2ccccc12. The standard InChI is InChI=1S/C23H34N4O2/c1-17-9-6-10-18(2)26(17)16-8-15-24-22(28)13-7-14-23(29)27-21-12-5-4-11-20(21)19(3)25-27/h4-5,11-12,17-18H,6-10,13-16H2,1-3H3,(H,24,28)/t17-,18-/m1/s1. The summed E-state index contributed by atoms with van der Waals surface area (Å²) in [5, 5.41) is 8.36. The first-order chi connectivity index (χ1) is 14.0. The van der Waals surface area contributed by atoms with Crippen molar-refractivity contribution in [1.29, 1.82) is 0 Å². The van der Waals surface area contributed by atoms with Crippen molar-refractivity contribution < 1.29 is 9.59 Å². The predicted octanol–water partition coefficient (Wildman–Crippen LogP) is 3.92. The fraction of sp³-hybridized carbons (Fsp3) is 0.609. The number of para-hydroxylation sites is 1. The summed E-state index contributed by atoms with van der Waals surface area (Å²) in [5.41, 5.74) is 1.68. The largest absolute Gasteiger partial charge is 0.356 e. The van der Waals surface area contributed by atoms with Crippen LogP contribution in [0.15, 0.2) is 24.3 Å². The number of hydrogen-bond donors (Lipinski definition) is 1. The fourth-order valence-corrected chi connectivity index (χ4v) is 4.41. The molecule has 6 nitrogen and oxygen atoms in total. The van der Waals surface area contributed by atoms with Crippen LogP contribution in [0, 0.1) is 6.92 Å². The highest BCUT2D eigenvalue weighted by Gasteiger charge is 2.23. The summed E-state index contributed by atoms with van der Waals surface area (Å²) >= 11 is 0. The van der Waals surface area contributed by atoms with Crippen LogP contribution in [0.2, 0.25) is 0 Å². The van der Waals surface area contributed by atoms with Gasteiger partial charge in [0.15, 0.2) is 0 Å². The monoisotopic (exact) mass is 398 g/mol. The fourth-order valence-electron chi connectivity index (χ4n) is 4.41. The molecule has 1 N–H and O–H groups in total. The molecule has 1 aromatic carbocycles. The summed E-state index contributed by atoms with van der Waals surface area (Å²) in [6.45, 7) is 8.24. The van der Waals surface area contributed by atoms with E-state index in [-0.39, 0.29) is 11.8 Å². The zero-order valence-corrected chi connectivity index (χ0v) is 18.0. The van der Waals surface area contributed by atoms with E-state index < -0.39 is 0 Å². The lowest BCUT2D eigenvalue weighted by Crippen LogP contribution is -2.44. The minimum atomic E-state index is -0.0600. The van der Waals surface area contributed by atoms with Gasteiger partial charge in [0, 0.05) is 43.4 Å². The van der Waals surface area contributed by atoms with Crippen molar-refractivity contribution in [3.8, 4) is 0 Å². The number of hydrogen-bond acceptors (Lipinski definition) is 4. The molecular weight excluding hydrogens is 364 g/mol. The zero-order valence-electron chi connectivity index (χ0n) is 18.0. The minimum Gasteiger partial charge on any atom is -0.356 e. The molecule has 2 aromatic rings. The van der Waals surface area contributed by atoms with Crippen LogP contribution in [0.3, 0.4) is 0 Å². The number of benzene rings is 1. The van der Waals surface area contributed by atoms with Gasteiger partial charge in [-0.1, -0.05) is 24.6 Å². The van der Waals surface area contributed by atoms with Gasteiger partial charge in [-0.2, -0.15) is 9.78 Å². The number of aromatic nitrogens is 2. The van der Waals surface area contributed by atoms with E-state index in [4.69, 9.17) is 0 Å². The van der Waals surface area contributed by atoms with Gasteiger partial charge >= 0.3 is 0 Å². The van der Waals surface area contributed by atoms with E-state index in [0.29, 0.717) is 37.9 Å². The number of piperidine rings is 1. The van der Waals surface area contributed by atoms with Crippen LogP contribution in [0.4, 0.5) is 0 Å². The first-order valence-electron chi connectivity index (χ1n) is 11.0. The molecule has 3 rings (SSSR count). The Morgan fingerprint density at radius 2 is 1.83 bits per heavy atom. The molecule has 0 radical (unpaired) electrons. The Morgan fingerprint density at radius 1 is 1.10 bits per heavy atom. The number of nitrogens with one attached hydrogen (secondary N) is 1. The van der Waals surface area contributed by atoms with Crippen LogP contribution in [-0.4, -0.2) is 51.7 Å². The molecule has 0 bridgehead atoms. The summed E-state index contributed by atoms with van der Waals surface area (Å²) in [6.07, 6.45) is 6.07. The number of nitrogens with zero attached hydrogens (tertiary/aromatic N) is 3. The van der Waals surface area contributed by atoms with Gasteiger partial charge in [0.25, 0.3) is 0 Å². The van der Waals surface area contributed by atoms with E-state index in [0.717, 1.165) is 29.6 Å². The Balaban J connectivity index is 1.36. The lowest BCUT2D eigenvalue weighted by Gasteiger charge is -2.39. The van der Waals surface area contributed by atoms with E-state index in [9.17, 15) is 9.59 Å². The molecule has 1 aliphatic heterocycles. The van der Waals surface area contributed by atoms with Gasteiger partial charge in [0.05, 0.1) is 11.2 Å². The molecule has 6 heteroatoms. The predicted molar refractivity (Wildman–Crippen MR) is 116 cm³/mol. The summed E-state index contributed by atoms with van der Waals surface area (Å²) in [7, 11) is 0. The van der Waals surface area contributed by atoms with Gasteiger partial charge in [-0.3, -0.25) is 14.5 Å². The number of amides is 1. The van der Waals surface area contributed by atoms with E-state index in [1.54, 1.807) is 0 Å². The number of fused-ring (bicyclic) bond motifs is 1. The molecule has 0 saturated carbocycles. The Kier molecular flexibility index (Phi) is 7.42. The zero-order chi connectivity index (χ0) is 20.8. The van der Waals surface area contributed by atoms with Crippen LogP contribution >= 0.6 is 0 Å². The molecule has 2 atom stereocenters. The normalized spacial score (nSPS) is 20.1. The number of carbonyl (C=O) groups excluding carboxylic acids is 2. The van der Waals surface area contributed by atoms with Gasteiger partial charge < -0.3 is 5.32 Å². The summed E-state index contributed by atoms with van der Waals surface area (Å²) in [5.74, 6) is -0.0331. The smallest absolute Gasteiger partial charge is 0.247 e. The summed E-state index contributed by atoms with van der Waals surface area (Å²) in [6, 6.07) is 9.02. The van der Waals surface area contributed by atoms with Gasteiger partial charge in [0.2, 0.25) is 11.8 Å². The third-order valence-electron chi connectivity index (χ3n) is 6.09. The Hall–Kier alpha value is -2.21. The third-order valence-corrected chi connectivity index (χ3v) is 6.09. The molecule has 0 unspecified atom stereocenters. The first-order valence-corrected chi connectivity index (χ1v) is 11.0. The maximum Gasteiger partial charge on any atom is 0.247 e. The lowest BCUT2D eigenvalue weighted by atomic mass is 9.97. The Morgan fingerprint density at radius 3 is 2.59 bits per heavy atom. The highest BCUT2D eigenvalue weighted by Crippen LogP contribution is 2.22. The Bertz CT molecular complexity index is 835. The molecule has 1 amide bonds. The molecule has 158 valence electrons. The first kappa shape index (κ1) is 21.5. The van der Waals surface area contributed by atoms with E-state index >= 15 is 0 Å².